The fourth-order valence-corrected chi connectivity index (χ4v) is 4.00. The number of rotatable bonds is 17. The van der Waals surface area contributed by atoms with Crippen LogP contribution in [0.25, 0.3) is 0 Å². The number of aliphatic carboxylic acids is 1. The molecule has 0 saturated carbocycles. The lowest BCUT2D eigenvalue weighted by Crippen LogP contribution is -2.14. The highest BCUT2D eigenvalue weighted by atomic mass is 32.2. The van der Waals surface area contributed by atoms with E-state index in [1.54, 1.807) is 11.6 Å². The molecule has 0 heterocycles. The first kappa shape index (κ1) is 32.3. The second-order valence-corrected chi connectivity index (χ2v) is 10.7. The Bertz CT molecular complexity index is 779. The van der Waals surface area contributed by atoms with Gasteiger partial charge in [0.05, 0.1) is 6.26 Å². The van der Waals surface area contributed by atoms with E-state index in [1.165, 1.54) is 70.6 Å². The van der Waals surface area contributed by atoms with Crippen molar-refractivity contribution in [3.8, 4) is 0 Å². The number of anilines is 1. The third-order valence-corrected chi connectivity index (χ3v) is 5.95. The van der Waals surface area contributed by atoms with E-state index < -0.39 is 39.4 Å². The molecule has 1 unspecified atom stereocenters. The Morgan fingerprint density at radius 3 is 1.62 bits per heavy atom. The normalized spacial score (nSPS) is 12.1. The second-order valence-electron chi connectivity index (χ2n) is 8.91. The zero-order chi connectivity index (χ0) is 26.0. The summed E-state index contributed by atoms with van der Waals surface area (Å²) in [4.78, 5) is 10.3. The van der Waals surface area contributed by atoms with Crippen molar-refractivity contribution in [3.63, 3.8) is 0 Å². The van der Waals surface area contributed by atoms with Gasteiger partial charge >= 0.3 is 5.97 Å². The van der Waals surface area contributed by atoms with Crippen molar-refractivity contribution in [3.05, 3.63) is 29.3 Å². The Labute approximate surface area is 204 Å². The van der Waals surface area contributed by atoms with Crippen LogP contribution < -0.4 is 10.5 Å². The number of halogens is 2. The molecule has 0 aromatic heterocycles. The van der Waals surface area contributed by atoms with Gasteiger partial charge in [0.1, 0.15) is 5.69 Å². The molecule has 0 aliphatic rings. The molecule has 0 fully saturated rings. The average Bonchev–Trinajstić information content (AvgIpc) is 2.73. The molecule has 0 aliphatic heterocycles. The lowest BCUT2D eigenvalue weighted by molar-refractivity contribution is -0.137. The summed E-state index contributed by atoms with van der Waals surface area (Å²) in [6, 6.07) is 1.47. The molecule has 0 saturated heterocycles. The molecule has 0 bridgehead atoms. The van der Waals surface area contributed by atoms with Crippen LogP contribution in [0.2, 0.25) is 0 Å². The van der Waals surface area contributed by atoms with Crippen molar-refractivity contribution in [1.82, 2.24) is 0 Å². The first-order valence-electron chi connectivity index (χ1n) is 12.4. The van der Waals surface area contributed by atoms with E-state index in [0.29, 0.717) is 6.42 Å². The van der Waals surface area contributed by atoms with Crippen LogP contribution in [0.5, 0.6) is 0 Å². The monoisotopic (exact) mass is 506 g/mol. The van der Waals surface area contributed by atoms with Gasteiger partial charge in [-0.05, 0) is 31.0 Å². The van der Waals surface area contributed by atoms with E-state index in [4.69, 9.17) is 10.8 Å². The van der Waals surface area contributed by atoms with Crippen molar-refractivity contribution >= 4 is 21.7 Å². The number of benzene rings is 1. The predicted octanol–water partition coefficient (Wildman–Crippen LogP) is 6.91. The fourth-order valence-electron chi connectivity index (χ4n) is 3.43. The van der Waals surface area contributed by atoms with E-state index >= 15 is 0 Å². The topological polar surface area (TPSA) is 109 Å². The van der Waals surface area contributed by atoms with Crippen molar-refractivity contribution in [2.24, 2.45) is 5.73 Å². The van der Waals surface area contributed by atoms with Gasteiger partial charge in [0.25, 0.3) is 0 Å². The number of nitrogens with two attached hydrogens (primary N) is 1. The Hall–Kier alpha value is -1.74. The lowest BCUT2D eigenvalue weighted by atomic mass is 10.0. The van der Waals surface area contributed by atoms with Gasteiger partial charge in [-0.1, -0.05) is 84.0 Å². The number of carbonyl (C=O) groups is 1. The van der Waals surface area contributed by atoms with Crippen LogP contribution >= 0.6 is 0 Å². The summed E-state index contributed by atoms with van der Waals surface area (Å²) in [7, 11) is -3.72. The summed E-state index contributed by atoms with van der Waals surface area (Å²) in [5.74, 6) is -2.63. The number of hydrogen-bond acceptors (Lipinski definition) is 4. The van der Waals surface area contributed by atoms with Crippen LogP contribution in [0.1, 0.15) is 115 Å². The fraction of sp³-hybridized carbons (Fsp3) is 0.720. The lowest BCUT2D eigenvalue weighted by Gasteiger charge is -2.11. The molecule has 0 aliphatic carbocycles. The van der Waals surface area contributed by atoms with E-state index in [2.05, 4.69) is 6.92 Å². The van der Waals surface area contributed by atoms with Crippen LogP contribution in [-0.4, -0.2) is 25.7 Å². The van der Waals surface area contributed by atoms with Crippen LogP contribution in [0.3, 0.4) is 0 Å². The number of unbranched alkanes of at least 4 members (excludes halogenated alkanes) is 12. The number of nitrogens with one attached hydrogen (secondary N) is 1. The van der Waals surface area contributed by atoms with Crippen LogP contribution in [0.4, 0.5) is 14.5 Å². The minimum Gasteiger partial charge on any atom is -0.481 e. The molecular formula is C25H44F2N2O4S. The molecule has 0 spiro atoms. The molecule has 0 radical (unpaired) electrons. The van der Waals surface area contributed by atoms with Gasteiger partial charge < -0.3 is 10.8 Å². The molecule has 1 aromatic carbocycles. The molecule has 0 amide bonds. The Balaban J connectivity index is 0.000000644. The van der Waals surface area contributed by atoms with Gasteiger partial charge in [-0.25, -0.2) is 17.2 Å². The maximum atomic E-state index is 13.4. The third kappa shape index (κ3) is 17.7. The van der Waals surface area contributed by atoms with Crippen LogP contribution in [-0.2, 0) is 14.8 Å². The Morgan fingerprint density at radius 1 is 0.912 bits per heavy atom. The SMILES string of the molecule is CC(N)c1cc(F)c(NS(C)(=O)=O)c(F)c1.CCCCCCCCCCCCCCCC(=O)O. The highest BCUT2D eigenvalue weighted by molar-refractivity contribution is 7.92. The van der Waals surface area contributed by atoms with E-state index in [9.17, 15) is 22.0 Å². The Kier molecular flexibility index (Phi) is 17.6. The van der Waals surface area contributed by atoms with Gasteiger partial charge in [-0.3, -0.25) is 9.52 Å². The van der Waals surface area contributed by atoms with Crippen LogP contribution in [0.15, 0.2) is 12.1 Å². The van der Waals surface area contributed by atoms with Gasteiger partial charge in [-0.2, -0.15) is 0 Å². The Morgan fingerprint density at radius 2 is 1.29 bits per heavy atom. The molecule has 4 N–H and O–H groups in total. The first-order chi connectivity index (χ1) is 16.0. The van der Waals surface area contributed by atoms with Crippen molar-refractivity contribution in [2.75, 3.05) is 11.0 Å². The van der Waals surface area contributed by atoms with E-state index in [1.807, 2.05) is 0 Å². The van der Waals surface area contributed by atoms with Gasteiger partial charge in [0, 0.05) is 12.5 Å². The zero-order valence-electron chi connectivity index (χ0n) is 21.0. The highest BCUT2D eigenvalue weighted by Crippen LogP contribution is 2.24. The molecule has 9 heteroatoms. The van der Waals surface area contributed by atoms with E-state index in [0.717, 1.165) is 31.2 Å². The molecule has 198 valence electrons. The van der Waals surface area contributed by atoms with Crippen LogP contribution in [0, 0.1) is 11.6 Å². The number of carboxylic acid groups (broad SMARTS) is 1. The van der Waals surface area contributed by atoms with Gasteiger partial charge in [0.15, 0.2) is 11.6 Å². The zero-order valence-corrected chi connectivity index (χ0v) is 21.9. The minimum atomic E-state index is -3.72. The molecule has 1 rings (SSSR count). The summed E-state index contributed by atoms with van der Waals surface area (Å²) in [5.41, 5.74) is 5.03. The highest BCUT2D eigenvalue weighted by Gasteiger charge is 2.15. The maximum absolute atomic E-state index is 13.4. The predicted molar refractivity (Wildman–Crippen MR) is 135 cm³/mol. The smallest absolute Gasteiger partial charge is 0.303 e. The molecule has 1 atom stereocenters. The van der Waals surface area contributed by atoms with Crippen molar-refractivity contribution in [2.45, 2.75) is 110 Å². The number of carboxylic acids is 1. The maximum Gasteiger partial charge on any atom is 0.303 e. The summed E-state index contributed by atoms with van der Waals surface area (Å²) in [5, 5.41) is 8.49. The molecular weight excluding hydrogens is 462 g/mol. The number of sulfonamides is 1. The summed E-state index contributed by atoms with van der Waals surface area (Å²) in [6.07, 6.45) is 18.1. The van der Waals surface area contributed by atoms with Gasteiger partial charge in [0.2, 0.25) is 10.0 Å². The number of hydrogen-bond donors (Lipinski definition) is 3. The largest absolute Gasteiger partial charge is 0.481 e. The van der Waals surface area contributed by atoms with Crippen molar-refractivity contribution < 1.29 is 27.1 Å². The second kappa shape index (κ2) is 18.6. The quantitative estimate of drug-likeness (QED) is 0.199. The average molecular weight is 507 g/mol. The standard InChI is InChI=1S/C16H32O2.C9H12F2N2O2S/c1-2-3-4-5-6-7-8-9-10-11-12-13-14-15-16(17)18;1-5(12)6-3-7(10)9(8(11)4-6)13-16(2,14)15/h2-15H2,1H3,(H,17,18);3-5,13H,12H2,1-2H3. The molecule has 34 heavy (non-hydrogen) atoms. The molecule has 1 aromatic rings. The minimum absolute atomic E-state index is 0.258. The van der Waals surface area contributed by atoms with E-state index in [-0.39, 0.29) is 5.56 Å². The summed E-state index contributed by atoms with van der Waals surface area (Å²) in [6.45, 7) is 3.83. The molecule has 6 nitrogen and oxygen atoms in total. The first-order valence-corrected chi connectivity index (χ1v) is 14.3. The summed E-state index contributed by atoms with van der Waals surface area (Å²) >= 11 is 0. The van der Waals surface area contributed by atoms with Gasteiger partial charge in [-0.15, -0.1) is 0 Å². The van der Waals surface area contributed by atoms with Crippen molar-refractivity contribution in [1.29, 1.82) is 0 Å². The third-order valence-electron chi connectivity index (χ3n) is 5.37. The summed E-state index contributed by atoms with van der Waals surface area (Å²) < 4.78 is 50.2.